The largest absolute Gasteiger partial charge is 0.351 e. The molecule has 1 saturated heterocycles. The van der Waals surface area contributed by atoms with Crippen LogP contribution < -0.4 is 11.1 Å². The zero-order chi connectivity index (χ0) is 17.7. The Morgan fingerprint density at radius 3 is 2.58 bits per heavy atom. The molecule has 1 fully saturated rings. The Hall–Kier alpha value is -1.69. The summed E-state index contributed by atoms with van der Waals surface area (Å²) >= 11 is 1.85. The van der Waals surface area contributed by atoms with Gasteiger partial charge in [-0.15, -0.1) is 11.8 Å². The molecule has 5 nitrogen and oxygen atoms in total. The van der Waals surface area contributed by atoms with Gasteiger partial charge in [0, 0.05) is 34.8 Å². The van der Waals surface area contributed by atoms with Gasteiger partial charge in [-0.05, 0) is 49.9 Å². The van der Waals surface area contributed by atoms with Gasteiger partial charge >= 0.3 is 6.03 Å². The van der Waals surface area contributed by atoms with Crippen molar-refractivity contribution in [3.8, 4) is 0 Å². The first-order valence-electron chi connectivity index (χ1n) is 8.53. The van der Waals surface area contributed by atoms with E-state index in [1.54, 1.807) is 4.90 Å². The summed E-state index contributed by atoms with van der Waals surface area (Å²) < 4.78 is 0. The summed E-state index contributed by atoms with van der Waals surface area (Å²) in [4.78, 5) is 26.4. The van der Waals surface area contributed by atoms with Crippen molar-refractivity contribution >= 4 is 29.4 Å². The van der Waals surface area contributed by atoms with Crippen molar-refractivity contribution in [2.75, 3.05) is 18.4 Å². The highest BCUT2D eigenvalue weighted by Crippen LogP contribution is 2.29. The number of benzene rings is 1. The second-order valence-corrected chi connectivity index (χ2v) is 7.91. The molecule has 2 rings (SSSR count). The van der Waals surface area contributed by atoms with E-state index in [0.717, 1.165) is 17.7 Å². The normalized spacial score (nSPS) is 16.7. The molecule has 6 heteroatoms. The number of hydrogen-bond acceptors (Lipinski definition) is 3. The second-order valence-electron chi connectivity index (χ2n) is 6.40. The number of piperidine rings is 1. The predicted octanol–water partition coefficient (Wildman–Crippen LogP) is 3.61. The van der Waals surface area contributed by atoms with Crippen LogP contribution in [0.3, 0.4) is 0 Å². The average Bonchev–Trinajstić information content (AvgIpc) is 2.57. The quantitative estimate of drug-likeness (QED) is 0.797. The summed E-state index contributed by atoms with van der Waals surface area (Å²) in [6.45, 7) is 7.52. The van der Waals surface area contributed by atoms with Crippen LogP contribution in [0.5, 0.6) is 0 Å². The smallest absolute Gasteiger partial charge is 0.314 e. The minimum Gasteiger partial charge on any atom is -0.351 e. The number of nitrogens with one attached hydrogen (secondary N) is 1. The highest BCUT2D eigenvalue weighted by molar-refractivity contribution is 7.99. The Kier molecular flexibility index (Phi) is 6.54. The first-order chi connectivity index (χ1) is 11.4. The molecule has 3 N–H and O–H groups in total. The summed E-state index contributed by atoms with van der Waals surface area (Å²) in [5.74, 6) is -0.0290. The fourth-order valence-corrected chi connectivity index (χ4v) is 3.78. The fraction of sp³-hybridized carbons (Fsp3) is 0.556. The summed E-state index contributed by atoms with van der Waals surface area (Å²) in [7, 11) is 0. The van der Waals surface area contributed by atoms with Gasteiger partial charge in [-0.2, -0.15) is 0 Å². The number of rotatable bonds is 5. The molecule has 0 bridgehead atoms. The number of anilines is 1. The SMILES string of the molecule is CC[C@@H](C)Sc1ccc(NC(=O)C2CCN(C(N)=O)CC2)c(C)c1. The van der Waals surface area contributed by atoms with Crippen molar-refractivity contribution in [3.63, 3.8) is 0 Å². The van der Waals surface area contributed by atoms with Gasteiger partial charge in [-0.3, -0.25) is 4.79 Å². The Balaban J connectivity index is 1.93. The molecule has 0 aromatic heterocycles. The number of primary amides is 1. The van der Waals surface area contributed by atoms with E-state index in [9.17, 15) is 9.59 Å². The Labute approximate surface area is 148 Å². The van der Waals surface area contributed by atoms with Crippen molar-refractivity contribution in [1.82, 2.24) is 4.90 Å². The van der Waals surface area contributed by atoms with Crippen molar-refractivity contribution in [2.24, 2.45) is 11.7 Å². The lowest BCUT2D eigenvalue weighted by atomic mass is 9.96. The molecule has 3 amide bonds. The van der Waals surface area contributed by atoms with Crippen molar-refractivity contribution < 1.29 is 9.59 Å². The predicted molar refractivity (Wildman–Crippen MR) is 99.3 cm³/mol. The summed E-state index contributed by atoms with van der Waals surface area (Å²) in [5, 5.41) is 3.62. The van der Waals surface area contributed by atoms with E-state index in [-0.39, 0.29) is 11.8 Å². The number of carbonyl (C=O) groups excluding carboxylic acids is 2. The van der Waals surface area contributed by atoms with Crippen LogP contribution in [0.4, 0.5) is 10.5 Å². The van der Waals surface area contributed by atoms with Crippen molar-refractivity contribution in [2.45, 2.75) is 50.2 Å². The molecular formula is C18H27N3O2S. The van der Waals surface area contributed by atoms with E-state index in [0.29, 0.717) is 31.2 Å². The van der Waals surface area contributed by atoms with Gasteiger partial charge in [0.05, 0.1) is 0 Å². The molecule has 0 spiro atoms. The lowest BCUT2D eigenvalue weighted by Gasteiger charge is -2.30. The zero-order valence-electron chi connectivity index (χ0n) is 14.7. The maximum absolute atomic E-state index is 12.5. The van der Waals surface area contributed by atoms with Crippen LogP contribution in [0.1, 0.15) is 38.7 Å². The number of amides is 3. The van der Waals surface area contributed by atoms with Gasteiger partial charge in [-0.25, -0.2) is 4.79 Å². The molecule has 24 heavy (non-hydrogen) atoms. The van der Waals surface area contributed by atoms with E-state index in [2.05, 4.69) is 31.3 Å². The van der Waals surface area contributed by atoms with E-state index in [1.807, 2.05) is 24.8 Å². The third-order valence-corrected chi connectivity index (χ3v) is 5.81. The molecule has 0 radical (unpaired) electrons. The first kappa shape index (κ1) is 18.6. The number of nitrogens with zero attached hydrogens (tertiary/aromatic N) is 1. The minimum absolute atomic E-state index is 0.0320. The van der Waals surface area contributed by atoms with E-state index >= 15 is 0 Å². The van der Waals surface area contributed by atoms with Gasteiger partial charge in [-0.1, -0.05) is 13.8 Å². The summed E-state index contributed by atoms with van der Waals surface area (Å²) in [5.41, 5.74) is 7.22. The molecule has 0 saturated carbocycles. The monoisotopic (exact) mass is 349 g/mol. The standard InChI is InChI=1S/C18H27N3O2S/c1-4-13(3)24-15-5-6-16(12(2)11-15)20-17(22)14-7-9-21(10-8-14)18(19)23/h5-6,11,13-14H,4,7-10H2,1-3H3,(H2,19,23)(H,20,22)/t13-/m1/s1. The number of nitrogens with two attached hydrogens (primary N) is 1. The van der Waals surface area contributed by atoms with E-state index in [1.165, 1.54) is 4.90 Å². The number of hydrogen-bond donors (Lipinski definition) is 2. The Morgan fingerprint density at radius 1 is 1.38 bits per heavy atom. The van der Waals surface area contributed by atoms with Crippen LogP contribution >= 0.6 is 11.8 Å². The van der Waals surface area contributed by atoms with Crippen LogP contribution in [0.25, 0.3) is 0 Å². The van der Waals surface area contributed by atoms with E-state index < -0.39 is 6.03 Å². The zero-order valence-corrected chi connectivity index (χ0v) is 15.5. The molecular weight excluding hydrogens is 322 g/mol. The van der Waals surface area contributed by atoms with Crippen molar-refractivity contribution in [1.29, 1.82) is 0 Å². The average molecular weight is 350 g/mol. The van der Waals surface area contributed by atoms with Crippen LogP contribution in [0.2, 0.25) is 0 Å². The Bertz CT molecular complexity index is 598. The minimum atomic E-state index is -0.404. The number of carbonyl (C=O) groups is 2. The van der Waals surface area contributed by atoms with Gasteiger partial charge in [0.15, 0.2) is 0 Å². The van der Waals surface area contributed by atoms with Gasteiger partial charge < -0.3 is 16.0 Å². The molecule has 0 unspecified atom stereocenters. The molecule has 1 aromatic rings. The van der Waals surface area contributed by atoms with E-state index in [4.69, 9.17) is 5.73 Å². The van der Waals surface area contributed by atoms with Gasteiger partial charge in [0.2, 0.25) is 5.91 Å². The summed E-state index contributed by atoms with van der Waals surface area (Å²) in [6.07, 6.45) is 2.46. The van der Waals surface area contributed by atoms with Crippen LogP contribution in [-0.2, 0) is 4.79 Å². The van der Waals surface area contributed by atoms with Crippen molar-refractivity contribution in [3.05, 3.63) is 23.8 Å². The third kappa shape index (κ3) is 4.90. The highest BCUT2D eigenvalue weighted by atomic mass is 32.2. The van der Waals surface area contributed by atoms with Gasteiger partial charge in [0.25, 0.3) is 0 Å². The number of urea groups is 1. The number of aryl methyl sites for hydroxylation is 1. The molecule has 1 atom stereocenters. The van der Waals surface area contributed by atoms with Crippen LogP contribution in [0.15, 0.2) is 23.1 Å². The molecule has 1 aliphatic heterocycles. The Morgan fingerprint density at radius 2 is 2.04 bits per heavy atom. The number of thioether (sulfide) groups is 1. The number of likely N-dealkylation sites (tertiary alicyclic amines) is 1. The lowest BCUT2D eigenvalue weighted by molar-refractivity contribution is -0.121. The molecule has 1 aromatic carbocycles. The highest BCUT2D eigenvalue weighted by Gasteiger charge is 2.26. The molecule has 0 aliphatic carbocycles. The second kappa shape index (κ2) is 8.42. The molecule has 1 aliphatic rings. The summed E-state index contributed by atoms with van der Waals surface area (Å²) in [6, 6.07) is 5.77. The van der Waals surface area contributed by atoms with Gasteiger partial charge in [0.1, 0.15) is 0 Å². The van der Waals surface area contributed by atoms with Crippen LogP contribution in [0, 0.1) is 12.8 Å². The van der Waals surface area contributed by atoms with Crippen LogP contribution in [-0.4, -0.2) is 35.2 Å². The lowest BCUT2D eigenvalue weighted by Crippen LogP contribution is -2.43. The topological polar surface area (TPSA) is 75.4 Å². The third-order valence-electron chi connectivity index (χ3n) is 4.55. The maximum atomic E-state index is 12.5. The fourth-order valence-electron chi connectivity index (χ4n) is 2.76. The molecule has 132 valence electrons. The molecule has 1 heterocycles. The maximum Gasteiger partial charge on any atom is 0.314 e. The first-order valence-corrected chi connectivity index (χ1v) is 9.41.